The molecule has 1 aliphatic carbocycles. The molecule has 8 heteroatoms. The summed E-state index contributed by atoms with van der Waals surface area (Å²) in [6.07, 6.45) is 1.45. The van der Waals surface area contributed by atoms with E-state index in [1.54, 1.807) is 0 Å². The van der Waals surface area contributed by atoms with Gasteiger partial charge >= 0.3 is 0 Å². The van der Waals surface area contributed by atoms with Crippen LogP contribution < -0.4 is 16.2 Å². The predicted octanol–water partition coefficient (Wildman–Crippen LogP) is 0.665. The Labute approximate surface area is 116 Å². The van der Waals surface area contributed by atoms with Crippen LogP contribution in [0.3, 0.4) is 0 Å². The van der Waals surface area contributed by atoms with Gasteiger partial charge in [0.2, 0.25) is 15.9 Å². The molecule has 1 amide bonds. The van der Waals surface area contributed by atoms with Crippen LogP contribution in [0.1, 0.15) is 12.8 Å². The van der Waals surface area contributed by atoms with E-state index in [4.69, 9.17) is 22.5 Å². The van der Waals surface area contributed by atoms with Crippen LogP contribution in [0.2, 0.25) is 5.02 Å². The quantitative estimate of drug-likeness (QED) is 0.758. The van der Waals surface area contributed by atoms with Crippen LogP contribution >= 0.6 is 11.6 Å². The molecule has 1 aromatic carbocycles. The van der Waals surface area contributed by atoms with E-state index in [1.807, 2.05) is 0 Å². The van der Waals surface area contributed by atoms with Gasteiger partial charge in [0.25, 0.3) is 0 Å². The number of rotatable bonds is 4. The number of amides is 1. The van der Waals surface area contributed by atoms with Gasteiger partial charge in [-0.15, -0.1) is 0 Å². The Kier molecular flexibility index (Phi) is 3.57. The van der Waals surface area contributed by atoms with Crippen LogP contribution in [0, 0.1) is 5.41 Å². The molecular weight excluding hydrogens is 290 g/mol. The minimum atomic E-state index is -3.84. The second-order valence-electron chi connectivity index (χ2n) is 4.63. The molecule has 0 radical (unpaired) electrons. The van der Waals surface area contributed by atoms with Gasteiger partial charge in [0.1, 0.15) is 0 Å². The molecule has 0 bridgehead atoms. The number of hydrogen-bond donors (Lipinski definition) is 3. The van der Waals surface area contributed by atoms with Gasteiger partial charge in [-0.3, -0.25) is 4.79 Å². The summed E-state index contributed by atoms with van der Waals surface area (Å²) < 4.78 is 22.5. The summed E-state index contributed by atoms with van der Waals surface area (Å²) >= 11 is 5.92. The van der Waals surface area contributed by atoms with E-state index in [9.17, 15) is 13.2 Å². The molecule has 0 saturated heterocycles. The third kappa shape index (κ3) is 2.89. The Bertz CT molecular complexity index is 626. The van der Waals surface area contributed by atoms with Crippen molar-refractivity contribution in [3.05, 3.63) is 23.2 Å². The lowest BCUT2D eigenvalue weighted by Gasteiger charge is -2.14. The average Bonchev–Trinajstić information content (AvgIpc) is 3.11. The van der Waals surface area contributed by atoms with Crippen LogP contribution in [0.15, 0.2) is 23.1 Å². The van der Waals surface area contributed by atoms with Crippen molar-refractivity contribution >= 4 is 33.2 Å². The van der Waals surface area contributed by atoms with Crippen molar-refractivity contribution in [2.75, 3.05) is 11.9 Å². The van der Waals surface area contributed by atoms with Crippen molar-refractivity contribution in [2.24, 2.45) is 16.3 Å². The summed E-state index contributed by atoms with van der Waals surface area (Å²) in [5, 5.41) is 7.88. The van der Waals surface area contributed by atoms with Crippen LogP contribution in [-0.2, 0) is 14.8 Å². The van der Waals surface area contributed by atoms with Gasteiger partial charge in [0, 0.05) is 6.54 Å². The minimum Gasteiger partial charge on any atom is -0.329 e. The van der Waals surface area contributed by atoms with Crippen LogP contribution in [0.5, 0.6) is 0 Å². The Morgan fingerprint density at radius 3 is 2.53 bits per heavy atom. The van der Waals surface area contributed by atoms with Crippen molar-refractivity contribution in [2.45, 2.75) is 17.7 Å². The third-order valence-corrected chi connectivity index (χ3v) is 4.48. The summed E-state index contributed by atoms with van der Waals surface area (Å²) in [6, 6.07) is 3.89. The zero-order valence-corrected chi connectivity index (χ0v) is 11.6. The molecule has 2 rings (SSSR count). The molecule has 1 saturated carbocycles. The number of sulfonamides is 1. The number of hydrogen-bond acceptors (Lipinski definition) is 4. The third-order valence-electron chi connectivity index (χ3n) is 3.24. The van der Waals surface area contributed by atoms with E-state index in [0.717, 1.165) is 12.8 Å². The fourth-order valence-electron chi connectivity index (χ4n) is 1.71. The van der Waals surface area contributed by atoms with Gasteiger partial charge in [-0.2, -0.15) is 0 Å². The molecule has 0 atom stereocenters. The van der Waals surface area contributed by atoms with Gasteiger partial charge < -0.3 is 11.1 Å². The molecular formula is C11H14ClN3O3S. The molecule has 19 heavy (non-hydrogen) atoms. The maximum Gasteiger partial charge on any atom is 0.238 e. The van der Waals surface area contributed by atoms with Gasteiger partial charge in [0.15, 0.2) is 0 Å². The first-order valence-electron chi connectivity index (χ1n) is 5.62. The summed E-state index contributed by atoms with van der Waals surface area (Å²) in [4.78, 5) is 11.9. The smallest absolute Gasteiger partial charge is 0.238 e. The predicted molar refractivity (Wildman–Crippen MR) is 72.2 cm³/mol. The largest absolute Gasteiger partial charge is 0.329 e. The standard InChI is InChI=1S/C11H14ClN3O3S/c12-8-2-1-7(19(14,17)18)5-9(8)15-10(16)11(6-13)3-4-11/h1-2,5H,3-4,6,13H2,(H,15,16)(H2,14,17,18). The molecule has 1 aromatic rings. The molecule has 104 valence electrons. The van der Waals surface area contributed by atoms with Crippen molar-refractivity contribution in [1.82, 2.24) is 0 Å². The maximum atomic E-state index is 12.0. The molecule has 5 N–H and O–H groups in total. The Balaban J connectivity index is 2.28. The van der Waals surface area contributed by atoms with Crippen LogP contribution in [0.25, 0.3) is 0 Å². The molecule has 1 fully saturated rings. The number of anilines is 1. The number of nitrogens with two attached hydrogens (primary N) is 2. The summed E-state index contributed by atoms with van der Waals surface area (Å²) in [6.45, 7) is 0.255. The number of carbonyl (C=O) groups excluding carboxylic acids is 1. The number of nitrogens with one attached hydrogen (secondary N) is 1. The molecule has 0 spiro atoms. The van der Waals surface area contributed by atoms with Crippen LogP contribution in [-0.4, -0.2) is 20.9 Å². The highest BCUT2D eigenvalue weighted by Crippen LogP contribution is 2.45. The number of halogens is 1. The molecule has 6 nitrogen and oxygen atoms in total. The fraction of sp³-hybridized carbons (Fsp3) is 0.364. The minimum absolute atomic E-state index is 0.107. The Morgan fingerprint density at radius 1 is 1.42 bits per heavy atom. The van der Waals surface area contributed by atoms with E-state index < -0.39 is 15.4 Å². The average molecular weight is 304 g/mol. The Hall–Kier alpha value is -1.15. The van der Waals surface area contributed by atoms with E-state index >= 15 is 0 Å². The number of primary sulfonamides is 1. The molecule has 0 heterocycles. The lowest BCUT2D eigenvalue weighted by Crippen LogP contribution is -2.31. The molecule has 0 unspecified atom stereocenters. The first-order chi connectivity index (χ1) is 8.78. The summed E-state index contributed by atoms with van der Waals surface area (Å²) in [5.41, 5.74) is 5.23. The lowest BCUT2D eigenvalue weighted by atomic mass is 10.1. The SMILES string of the molecule is NCC1(C(=O)Nc2cc(S(N)(=O)=O)ccc2Cl)CC1. The number of benzene rings is 1. The molecule has 0 aromatic heterocycles. The Morgan fingerprint density at radius 2 is 2.05 bits per heavy atom. The summed E-state index contributed by atoms with van der Waals surface area (Å²) in [7, 11) is -3.84. The normalized spacial score (nSPS) is 17.0. The highest BCUT2D eigenvalue weighted by molar-refractivity contribution is 7.89. The van der Waals surface area contributed by atoms with Gasteiger partial charge in [-0.1, -0.05) is 11.6 Å². The van der Waals surface area contributed by atoms with Crippen molar-refractivity contribution in [1.29, 1.82) is 0 Å². The van der Waals surface area contributed by atoms with Gasteiger partial charge in [0.05, 0.1) is 21.0 Å². The van der Waals surface area contributed by atoms with E-state index in [-0.39, 0.29) is 28.1 Å². The van der Waals surface area contributed by atoms with E-state index in [1.165, 1.54) is 18.2 Å². The van der Waals surface area contributed by atoms with E-state index in [2.05, 4.69) is 5.32 Å². The summed E-state index contributed by atoms with van der Waals surface area (Å²) in [5.74, 6) is -0.247. The fourth-order valence-corrected chi connectivity index (χ4v) is 2.41. The molecule has 0 aliphatic heterocycles. The molecule has 1 aliphatic rings. The number of carbonyl (C=O) groups is 1. The van der Waals surface area contributed by atoms with Gasteiger partial charge in [-0.25, -0.2) is 13.6 Å². The second-order valence-corrected chi connectivity index (χ2v) is 6.59. The van der Waals surface area contributed by atoms with Crippen molar-refractivity contribution < 1.29 is 13.2 Å². The highest BCUT2D eigenvalue weighted by Gasteiger charge is 2.48. The van der Waals surface area contributed by atoms with Crippen molar-refractivity contribution in [3.63, 3.8) is 0 Å². The first-order valence-corrected chi connectivity index (χ1v) is 7.55. The van der Waals surface area contributed by atoms with E-state index in [0.29, 0.717) is 0 Å². The lowest BCUT2D eigenvalue weighted by molar-refractivity contribution is -0.120. The van der Waals surface area contributed by atoms with Gasteiger partial charge in [-0.05, 0) is 31.0 Å². The topological polar surface area (TPSA) is 115 Å². The van der Waals surface area contributed by atoms with Crippen LogP contribution in [0.4, 0.5) is 5.69 Å². The monoisotopic (exact) mass is 303 g/mol. The second kappa shape index (κ2) is 4.75. The highest BCUT2D eigenvalue weighted by atomic mass is 35.5. The maximum absolute atomic E-state index is 12.0. The first kappa shape index (κ1) is 14.3. The van der Waals surface area contributed by atoms with Crippen molar-refractivity contribution in [3.8, 4) is 0 Å². The zero-order chi connectivity index (χ0) is 14.3. The zero-order valence-electron chi connectivity index (χ0n) is 10.0.